The fourth-order valence-corrected chi connectivity index (χ4v) is 3.29. The molecule has 0 aliphatic rings. The monoisotopic (exact) mass is 362 g/mol. The first kappa shape index (κ1) is 16.6. The number of anilines is 1. The van der Waals surface area contributed by atoms with Gasteiger partial charge in [0.15, 0.2) is 5.13 Å². The molecule has 0 bridgehead atoms. The first-order valence-electron chi connectivity index (χ1n) is 7.52. The van der Waals surface area contributed by atoms with E-state index in [1.807, 2.05) is 6.92 Å². The zero-order valence-electron chi connectivity index (χ0n) is 13.0. The predicted molar refractivity (Wildman–Crippen MR) is 96.0 cm³/mol. The van der Waals surface area contributed by atoms with Gasteiger partial charge in [-0.2, -0.15) is 5.10 Å². The van der Waals surface area contributed by atoms with Gasteiger partial charge in [-0.15, -0.1) is 0 Å². The van der Waals surface area contributed by atoms with Crippen LogP contribution in [0.1, 0.15) is 30.3 Å². The largest absolute Gasteiger partial charge is 0.296 e. The maximum absolute atomic E-state index is 12.3. The van der Waals surface area contributed by atoms with E-state index in [4.69, 9.17) is 11.6 Å². The normalized spacial score (nSPS) is 10.9. The van der Waals surface area contributed by atoms with E-state index in [1.165, 1.54) is 28.2 Å². The SMILES string of the molecule is CCCCn1nc(C(=O)Nc2nc3ccc(Cl)cc3s2)ccc1=O. The van der Waals surface area contributed by atoms with Gasteiger partial charge in [0.2, 0.25) is 0 Å². The Balaban J connectivity index is 1.81. The summed E-state index contributed by atoms with van der Waals surface area (Å²) in [7, 11) is 0. The average Bonchev–Trinajstić information content (AvgIpc) is 2.95. The van der Waals surface area contributed by atoms with Crippen molar-refractivity contribution >= 4 is 44.2 Å². The van der Waals surface area contributed by atoms with Gasteiger partial charge < -0.3 is 0 Å². The molecule has 24 heavy (non-hydrogen) atoms. The van der Waals surface area contributed by atoms with Crippen molar-refractivity contribution in [3.63, 3.8) is 0 Å². The number of thiazole rings is 1. The third-order valence-corrected chi connectivity index (χ3v) is 4.56. The van der Waals surface area contributed by atoms with E-state index in [2.05, 4.69) is 15.4 Å². The summed E-state index contributed by atoms with van der Waals surface area (Å²) in [6, 6.07) is 8.13. The second kappa shape index (κ2) is 7.11. The highest BCUT2D eigenvalue weighted by Gasteiger charge is 2.13. The molecule has 0 saturated heterocycles. The quantitative estimate of drug-likeness (QED) is 0.752. The maximum atomic E-state index is 12.3. The average molecular weight is 363 g/mol. The number of aromatic nitrogens is 3. The summed E-state index contributed by atoms with van der Waals surface area (Å²) in [6.07, 6.45) is 1.77. The minimum Gasteiger partial charge on any atom is -0.296 e. The van der Waals surface area contributed by atoms with Crippen LogP contribution in [0, 0.1) is 0 Å². The van der Waals surface area contributed by atoms with Crippen molar-refractivity contribution in [1.82, 2.24) is 14.8 Å². The molecule has 0 radical (unpaired) electrons. The van der Waals surface area contributed by atoms with Gasteiger partial charge in [-0.05, 0) is 30.7 Å². The number of rotatable bonds is 5. The number of carbonyl (C=O) groups excluding carboxylic acids is 1. The van der Waals surface area contributed by atoms with Crippen LogP contribution in [0.3, 0.4) is 0 Å². The van der Waals surface area contributed by atoms with Crippen molar-refractivity contribution in [2.75, 3.05) is 5.32 Å². The van der Waals surface area contributed by atoms with Crippen molar-refractivity contribution in [3.8, 4) is 0 Å². The smallest absolute Gasteiger partial charge is 0.277 e. The topological polar surface area (TPSA) is 76.9 Å². The third kappa shape index (κ3) is 3.63. The molecule has 0 unspecified atom stereocenters. The van der Waals surface area contributed by atoms with Crippen molar-refractivity contribution in [1.29, 1.82) is 0 Å². The Morgan fingerprint density at radius 1 is 1.33 bits per heavy atom. The summed E-state index contributed by atoms with van der Waals surface area (Å²) in [5.74, 6) is -0.398. The first-order chi connectivity index (χ1) is 11.6. The Morgan fingerprint density at radius 3 is 2.96 bits per heavy atom. The summed E-state index contributed by atoms with van der Waals surface area (Å²) in [5, 5.41) is 7.92. The van der Waals surface area contributed by atoms with Gasteiger partial charge in [0.1, 0.15) is 5.69 Å². The molecular formula is C16H15ClN4O2S. The number of aryl methyl sites for hydroxylation is 1. The number of fused-ring (bicyclic) bond motifs is 1. The number of hydrogen-bond acceptors (Lipinski definition) is 5. The lowest BCUT2D eigenvalue weighted by molar-refractivity contribution is 0.102. The summed E-state index contributed by atoms with van der Waals surface area (Å²) >= 11 is 7.28. The lowest BCUT2D eigenvalue weighted by atomic mass is 10.3. The van der Waals surface area contributed by atoms with E-state index in [1.54, 1.807) is 18.2 Å². The minimum absolute atomic E-state index is 0.183. The number of carbonyl (C=O) groups is 1. The molecule has 3 rings (SSSR count). The van der Waals surface area contributed by atoms with E-state index in [-0.39, 0.29) is 11.3 Å². The molecule has 124 valence electrons. The molecule has 0 aliphatic carbocycles. The molecule has 1 aromatic carbocycles. The standard InChI is InChI=1S/C16H15ClN4O2S/c1-2-3-8-21-14(22)7-6-12(20-21)15(23)19-16-18-11-5-4-10(17)9-13(11)24-16/h4-7,9H,2-3,8H2,1H3,(H,18,19,23). The second-order valence-electron chi connectivity index (χ2n) is 5.22. The number of unbranched alkanes of at least 4 members (excludes halogenated alkanes) is 1. The highest BCUT2D eigenvalue weighted by molar-refractivity contribution is 7.22. The van der Waals surface area contributed by atoms with Gasteiger partial charge >= 0.3 is 0 Å². The van der Waals surface area contributed by atoms with Gasteiger partial charge in [0, 0.05) is 17.6 Å². The predicted octanol–water partition coefficient (Wildman–Crippen LogP) is 3.56. The molecule has 0 aliphatic heterocycles. The molecule has 2 heterocycles. The van der Waals surface area contributed by atoms with E-state index >= 15 is 0 Å². The van der Waals surface area contributed by atoms with Crippen molar-refractivity contribution in [2.24, 2.45) is 0 Å². The van der Waals surface area contributed by atoms with E-state index in [0.29, 0.717) is 16.7 Å². The molecule has 0 atom stereocenters. The number of amides is 1. The maximum Gasteiger partial charge on any atom is 0.277 e. The van der Waals surface area contributed by atoms with Crippen LogP contribution in [0.4, 0.5) is 5.13 Å². The molecule has 2 aromatic heterocycles. The summed E-state index contributed by atoms with van der Waals surface area (Å²) in [4.78, 5) is 28.4. The fourth-order valence-electron chi connectivity index (χ4n) is 2.15. The highest BCUT2D eigenvalue weighted by Crippen LogP contribution is 2.28. The minimum atomic E-state index is -0.398. The molecule has 0 saturated carbocycles. The Labute approximate surface area is 147 Å². The van der Waals surface area contributed by atoms with Gasteiger partial charge in [-0.1, -0.05) is 36.3 Å². The summed E-state index contributed by atoms with van der Waals surface area (Å²) in [5.41, 5.74) is 0.734. The van der Waals surface area contributed by atoms with Crippen LogP contribution in [0.2, 0.25) is 5.02 Å². The lowest BCUT2D eigenvalue weighted by Crippen LogP contribution is -2.26. The van der Waals surface area contributed by atoms with Gasteiger partial charge in [-0.25, -0.2) is 9.67 Å². The van der Waals surface area contributed by atoms with Crippen LogP contribution < -0.4 is 10.9 Å². The van der Waals surface area contributed by atoms with Crippen molar-refractivity contribution in [3.05, 3.63) is 51.4 Å². The van der Waals surface area contributed by atoms with E-state index in [9.17, 15) is 9.59 Å². The molecule has 1 amide bonds. The molecular weight excluding hydrogens is 348 g/mol. The first-order valence-corrected chi connectivity index (χ1v) is 8.72. The number of hydrogen-bond donors (Lipinski definition) is 1. The number of benzene rings is 1. The zero-order valence-corrected chi connectivity index (χ0v) is 14.5. The molecule has 3 aromatic rings. The van der Waals surface area contributed by atoms with E-state index in [0.717, 1.165) is 23.1 Å². The van der Waals surface area contributed by atoms with Crippen LogP contribution in [-0.4, -0.2) is 20.7 Å². The van der Waals surface area contributed by atoms with Crippen molar-refractivity contribution < 1.29 is 4.79 Å². The Bertz CT molecular complexity index is 951. The summed E-state index contributed by atoms with van der Waals surface area (Å²) < 4.78 is 2.20. The molecule has 0 fully saturated rings. The number of nitrogens with zero attached hydrogens (tertiary/aromatic N) is 3. The van der Waals surface area contributed by atoms with Crippen molar-refractivity contribution in [2.45, 2.75) is 26.3 Å². The number of nitrogens with one attached hydrogen (secondary N) is 1. The van der Waals surface area contributed by atoms with Crippen LogP contribution in [0.25, 0.3) is 10.2 Å². The molecule has 6 nitrogen and oxygen atoms in total. The fraction of sp³-hybridized carbons (Fsp3) is 0.250. The Morgan fingerprint density at radius 2 is 2.17 bits per heavy atom. The van der Waals surface area contributed by atoms with Gasteiger partial charge in [0.05, 0.1) is 10.2 Å². The Hall–Kier alpha value is -2.25. The van der Waals surface area contributed by atoms with Gasteiger partial charge in [0.25, 0.3) is 11.5 Å². The molecule has 1 N–H and O–H groups in total. The second-order valence-corrected chi connectivity index (χ2v) is 6.69. The lowest BCUT2D eigenvalue weighted by Gasteiger charge is -2.05. The van der Waals surface area contributed by atoms with Crippen LogP contribution in [0.15, 0.2) is 35.1 Å². The molecule has 8 heteroatoms. The van der Waals surface area contributed by atoms with E-state index < -0.39 is 5.91 Å². The highest BCUT2D eigenvalue weighted by atomic mass is 35.5. The molecule has 0 spiro atoms. The third-order valence-electron chi connectivity index (χ3n) is 3.39. The van der Waals surface area contributed by atoms with Crippen LogP contribution in [-0.2, 0) is 6.54 Å². The van der Waals surface area contributed by atoms with Gasteiger partial charge in [-0.3, -0.25) is 14.9 Å². The Kier molecular flexibility index (Phi) is 4.92. The summed E-state index contributed by atoms with van der Waals surface area (Å²) in [6.45, 7) is 2.52. The van der Waals surface area contributed by atoms with Crippen LogP contribution in [0.5, 0.6) is 0 Å². The zero-order chi connectivity index (χ0) is 17.1. The number of halogens is 1. The van der Waals surface area contributed by atoms with Crippen LogP contribution >= 0.6 is 22.9 Å².